The van der Waals surface area contributed by atoms with E-state index in [9.17, 15) is 4.79 Å². The summed E-state index contributed by atoms with van der Waals surface area (Å²) in [6.07, 6.45) is 0.764. The Morgan fingerprint density at radius 1 is 1.39 bits per heavy atom. The minimum Gasteiger partial charge on any atom is -0.465 e. The highest BCUT2D eigenvalue weighted by atomic mass is 79.9. The van der Waals surface area contributed by atoms with Crippen molar-refractivity contribution in [3.05, 3.63) is 44.7 Å². The molecule has 0 spiro atoms. The number of rotatable bonds is 4. The highest BCUT2D eigenvalue weighted by molar-refractivity contribution is 9.10. The number of methoxy groups -OCH3 is 1. The molecule has 0 saturated carbocycles. The van der Waals surface area contributed by atoms with Gasteiger partial charge >= 0.3 is 5.97 Å². The number of aryl methyl sites for hydroxylation is 1. The third kappa shape index (κ3) is 4.31. The third-order valence-electron chi connectivity index (χ3n) is 3.26. The van der Waals surface area contributed by atoms with E-state index in [1.165, 1.54) is 18.4 Å². The fraction of sp³-hybridized carbons (Fsp3) is 0.250. The van der Waals surface area contributed by atoms with E-state index in [0.29, 0.717) is 15.7 Å². The Labute approximate surface area is 153 Å². The van der Waals surface area contributed by atoms with E-state index in [1.54, 1.807) is 0 Å². The zero-order valence-electron chi connectivity index (χ0n) is 13.0. The van der Waals surface area contributed by atoms with Gasteiger partial charge in [0.05, 0.1) is 12.7 Å². The van der Waals surface area contributed by atoms with Crippen molar-refractivity contribution in [1.29, 1.82) is 0 Å². The number of hydrogen-bond acceptors (Lipinski definition) is 4. The van der Waals surface area contributed by atoms with Crippen LogP contribution >= 0.6 is 39.5 Å². The average Bonchev–Trinajstić information content (AvgIpc) is 2.81. The van der Waals surface area contributed by atoms with Crippen LogP contribution in [0.2, 0.25) is 0 Å². The summed E-state index contributed by atoms with van der Waals surface area (Å²) in [5, 5.41) is 7.35. The van der Waals surface area contributed by atoms with Crippen LogP contribution in [-0.2, 0) is 11.2 Å². The summed E-state index contributed by atoms with van der Waals surface area (Å²) in [5.74, 6) is -0.348. The molecular weight excluding hydrogens is 396 g/mol. The Hall–Kier alpha value is -1.44. The maximum absolute atomic E-state index is 12.1. The number of thiocarbonyl (C=S) groups is 1. The van der Waals surface area contributed by atoms with E-state index in [-0.39, 0.29) is 5.97 Å². The standard InChI is InChI=1S/C16H17BrN2O2S2/c1-4-12-9(2)23-14(13(12)15(20)21-3)19-16(22)18-11-7-5-6-10(17)8-11/h5-8H,4H2,1-3H3,(H2,18,19,22). The van der Waals surface area contributed by atoms with E-state index in [0.717, 1.165) is 27.0 Å². The van der Waals surface area contributed by atoms with Crippen molar-refractivity contribution in [1.82, 2.24) is 0 Å². The molecule has 1 heterocycles. The lowest BCUT2D eigenvalue weighted by molar-refractivity contribution is 0.0601. The molecule has 0 bridgehead atoms. The second-order valence-corrected chi connectivity index (χ2v) is 7.32. The van der Waals surface area contributed by atoms with Crippen LogP contribution in [0.3, 0.4) is 0 Å². The predicted molar refractivity (Wildman–Crippen MR) is 104 cm³/mol. The van der Waals surface area contributed by atoms with Gasteiger partial charge in [0.2, 0.25) is 0 Å². The number of thiophene rings is 1. The molecule has 1 aromatic heterocycles. The summed E-state index contributed by atoms with van der Waals surface area (Å²) in [7, 11) is 1.39. The summed E-state index contributed by atoms with van der Waals surface area (Å²) in [6.45, 7) is 4.01. The lowest BCUT2D eigenvalue weighted by Crippen LogP contribution is -2.20. The van der Waals surface area contributed by atoms with Gasteiger partial charge in [-0.15, -0.1) is 11.3 Å². The summed E-state index contributed by atoms with van der Waals surface area (Å²) >= 11 is 10.3. The quantitative estimate of drug-likeness (QED) is 0.547. The number of anilines is 2. The summed E-state index contributed by atoms with van der Waals surface area (Å²) in [5.41, 5.74) is 2.42. The Morgan fingerprint density at radius 2 is 2.13 bits per heavy atom. The SMILES string of the molecule is CCc1c(C)sc(NC(=S)Nc2cccc(Br)c2)c1C(=O)OC. The molecule has 1 aromatic carbocycles. The molecule has 0 unspecified atom stereocenters. The molecule has 122 valence electrons. The van der Waals surface area contributed by atoms with Gasteiger partial charge in [-0.3, -0.25) is 0 Å². The van der Waals surface area contributed by atoms with Gasteiger partial charge in [-0.05, 0) is 49.3 Å². The molecule has 0 amide bonds. The fourth-order valence-corrected chi connectivity index (χ4v) is 4.06. The largest absolute Gasteiger partial charge is 0.465 e. The van der Waals surface area contributed by atoms with Gasteiger partial charge in [0.15, 0.2) is 5.11 Å². The first-order valence-corrected chi connectivity index (χ1v) is 9.02. The van der Waals surface area contributed by atoms with Crippen LogP contribution in [0, 0.1) is 6.92 Å². The molecule has 4 nitrogen and oxygen atoms in total. The van der Waals surface area contributed by atoms with E-state index >= 15 is 0 Å². The number of nitrogens with one attached hydrogen (secondary N) is 2. The van der Waals surface area contributed by atoms with Crippen molar-refractivity contribution in [3.63, 3.8) is 0 Å². The van der Waals surface area contributed by atoms with Gasteiger partial charge in [-0.1, -0.05) is 28.9 Å². The molecule has 2 N–H and O–H groups in total. The second kappa shape index (κ2) is 7.90. The van der Waals surface area contributed by atoms with Gasteiger partial charge in [0, 0.05) is 15.0 Å². The number of esters is 1. The van der Waals surface area contributed by atoms with Gasteiger partial charge in [0.25, 0.3) is 0 Å². The molecule has 2 rings (SSSR count). The van der Waals surface area contributed by atoms with Crippen LogP contribution < -0.4 is 10.6 Å². The minimum absolute atomic E-state index is 0.348. The van der Waals surface area contributed by atoms with Crippen LogP contribution in [0.1, 0.15) is 27.7 Å². The summed E-state index contributed by atoms with van der Waals surface area (Å²) < 4.78 is 5.87. The van der Waals surface area contributed by atoms with Crippen molar-refractivity contribution >= 4 is 61.3 Å². The normalized spacial score (nSPS) is 10.3. The monoisotopic (exact) mass is 412 g/mol. The Bertz CT molecular complexity index is 744. The third-order valence-corrected chi connectivity index (χ3v) is 5.02. The molecule has 0 aliphatic carbocycles. The molecule has 0 atom stereocenters. The van der Waals surface area contributed by atoms with Gasteiger partial charge in [-0.25, -0.2) is 4.79 Å². The highest BCUT2D eigenvalue weighted by Crippen LogP contribution is 2.34. The number of halogens is 1. The van der Waals surface area contributed by atoms with Gasteiger partial charge < -0.3 is 15.4 Å². The topological polar surface area (TPSA) is 50.4 Å². The van der Waals surface area contributed by atoms with Crippen LogP contribution in [0.15, 0.2) is 28.7 Å². The Morgan fingerprint density at radius 3 is 2.74 bits per heavy atom. The van der Waals surface area contributed by atoms with Crippen molar-refractivity contribution in [2.75, 3.05) is 17.7 Å². The van der Waals surface area contributed by atoms with Crippen LogP contribution in [-0.4, -0.2) is 18.2 Å². The Kier molecular flexibility index (Phi) is 6.15. The van der Waals surface area contributed by atoms with E-state index in [2.05, 4.69) is 26.6 Å². The predicted octanol–water partition coefficient (Wildman–Crippen LogP) is 4.98. The first-order chi connectivity index (χ1) is 11.0. The van der Waals surface area contributed by atoms with Crippen LogP contribution in [0.25, 0.3) is 0 Å². The summed E-state index contributed by atoms with van der Waals surface area (Å²) in [6, 6.07) is 7.69. The van der Waals surface area contributed by atoms with Crippen LogP contribution in [0.4, 0.5) is 10.7 Å². The van der Waals surface area contributed by atoms with Crippen molar-refractivity contribution in [2.45, 2.75) is 20.3 Å². The number of benzene rings is 1. The van der Waals surface area contributed by atoms with Crippen molar-refractivity contribution in [2.24, 2.45) is 0 Å². The number of ether oxygens (including phenoxy) is 1. The van der Waals surface area contributed by atoms with E-state index in [1.807, 2.05) is 38.1 Å². The maximum atomic E-state index is 12.1. The highest BCUT2D eigenvalue weighted by Gasteiger charge is 2.22. The fourth-order valence-electron chi connectivity index (χ4n) is 2.24. The van der Waals surface area contributed by atoms with Crippen molar-refractivity contribution < 1.29 is 9.53 Å². The molecule has 23 heavy (non-hydrogen) atoms. The minimum atomic E-state index is -0.348. The van der Waals surface area contributed by atoms with E-state index in [4.69, 9.17) is 17.0 Å². The average molecular weight is 413 g/mol. The molecule has 7 heteroatoms. The molecular formula is C16H17BrN2O2S2. The number of hydrogen-bond donors (Lipinski definition) is 2. The first kappa shape index (κ1) is 17.9. The maximum Gasteiger partial charge on any atom is 0.341 e. The molecule has 0 radical (unpaired) electrons. The smallest absolute Gasteiger partial charge is 0.341 e. The lowest BCUT2D eigenvalue weighted by Gasteiger charge is -2.11. The lowest BCUT2D eigenvalue weighted by atomic mass is 10.1. The number of carbonyl (C=O) groups is 1. The van der Waals surface area contributed by atoms with Gasteiger partial charge in [-0.2, -0.15) is 0 Å². The van der Waals surface area contributed by atoms with E-state index < -0.39 is 0 Å². The molecule has 2 aromatic rings. The first-order valence-electron chi connectivity index (χ1n) is 7.00. The molecule has 0 aliphatic heterocycles. The zero-order valence-corrected chi connectivity index (χ0v) is 16.2. The zero-order chi connectivity index (χ0) is 17.0. The van der Waals surface area contributed by atoms with Crippen LogP contribution in [0.5, 0.6) is 0 Å². The van der Waals surface area contributed by atoms with Gasteiger partial charge in [0.1, 0.15) is 5.00 Å². The Balaban J connectivity index is 2.22. The number of carbonyl (C=O) groups excluding carboxylic acids is 1. The molecule has 0 aliphatic rings. The van der Waals surface area contributed by atoms with Crippen molar-refractivity contribution in [3.8, 4) is 0 Å². The second-order valence-electron chi connectivity index (χ2n) is 4.78. The summed E-state index contributed by atoms with van der Waals surface area (Å²) in [4.78, 5) is 13.2. The molecule has 0 fully saturated rings. The molecule has 0 saturated heterocycles.